The molecule has 1 aromatic heterocycles. The molecule has 0 aliphatic rings. The summed E-state index contributed by atoms with van der Waals surface area (Å²) in [5.74, 6) is 0.717. The van der Waals surface area contributed by atoms with Crippen molar-refractivity contribution >= 4 is 17.4 Å². The maximum Gasteiger partial charge on any atom is 0.159 e. The zero-order valence-electron chi connectivity index (χ0n) is 5.50. The fourth-order valence-electron chi connectivity index (χ4n) is 0.601. The summed E-state index contributed by atoms with van der Waals surface area (Å²) in [5.41, 5.74) is 0.856. The van der Waals surface area contributed by atoms with Gasteiger partial charge in [-0.15, -0.1) is 0 Å². The number of aromatic nitrogens is 1. The average molecular weight is 154 g/mol. The maximum atomic E-state index is 4.84. The Kier molecular flexibility index (Phi) is 2.31. The van der Waals surface area contributed by atoms with Crippen LogP contribution in [0.15, 0.2) is 15.6 Å². The van der Waals surface area contributed by atoms with Crippen LogP contribution in [0.2, 0.25) is 0 Å². The highest BCUT2D eigenvalue weighted by Gasteiger charge is 1.96. The molecule has 0 amide bonds. The van der Waals surface area contributed by atoms with E-state index in [-0.39, 0.29) is 0 Å². The largest absolute Gasteiger partial charge is 0.359 e. The van der Waals surface area contributed by atoms with Crippen LogP contribution in [0, 0.1) is 6.92 Å². The molecule has 1 aromatic rings. The minimum atomic E-state index is 0.435. The van der Waals surface area contributed by atoms with Gasteiger partial charge in [0, 0.05) is 6.07 Å². The summed E-state index contributed by atoms with van der Waals surface area (Å²) in [5, 5.41) is 5.92. The van der Waals surface area contributed by atoms with E-state index in [1.165, 1.54) is 0 Å². The minimum Gasteiger partial charge on any atom is -0.359 e. The first-order valence-corrected chi connectivity index (χ1v) is 3.19. The number of aliphatic imine (C=N–C) groups is 1. The normalized spacial score (nSPS) is 8.90. The topological polar surface area (TPSA) is 38.4 Å². The Balaban J connectivity index is 2.66. The molecule has 0 aliphatic carbocycles. The van der Waals surface area contributed by atoms with Crippen molar-refractivity contribution in [2.75, 3.05) is 0 Å². The third-order valence-electron chi connectivity index (χ3n) is 0.976. The maximum absolute atomic E-state index is 4.84. The van der Waals surface area contributed by atoms with Gasteiger partial charge < -0.3 is 4.52 Å². The van der Waals surface area contributed by atoms with Crippen LogP contribution in [0.25, 0.3) is 0 Å². The molecule has 10 heavy (non-hydrogen) atoms. The first kappa shape index (κ1) is 7.12. The van der Waals surface area contributed by atoms with Gasteiger partial charge in [-0.3, -0.25) is 0 Å². The molecule has 4 heteroatoms. The quantitative estimate of drug-likeness (QED) is 0.479. The van der Waals surface area contributed by atoms with E-state index in [0.717, 1.165) is 11.5 Å². The van der Waals surface area contributed by atoms with E-state index in [1.807, 2.05) is 13.0 Å². The van der Waals surface area contributed by atoms with Crippen LogP contribution >= 0.6 is 12.2 Å². The summed E-state index contributed by atoms with van der Waals surface area (Å²) in [6, 6.07) is 1.82. The molecule has 1 heterocycles. The summed E-state index contributed by atoms with van der Waals surface area (Å²) < 4.78 is 4.84. The second-order valence-electron chi connectivity index (χ2n) is 1.84. The molecule has 0 unspecified atom stereocenters. The molecule has 0 aromatic carbocycles. The molecule has 1 rings (SSSR count). The zero-order chi connectivity index (χ0) is 7.40. The Morgan fingerprint density at radius 3 is 3.20 bits per heavy atom. The predicted molar refractivity (Wildman–Crippen MR) is 40.0 cm³/mol. The molecule has 0 saturated carbocycles. The highest BCUT2D eigenvalue weighted by Crippen LogP contribution is 2.02. The molecular formula is C6H6N2OS. The van der Waals surface area contributed by atoms with Gasteiger partial charge >= 0.3 is 0 Å². The molecule has 0 spiro atoms. The van der Waals surface area contributed by atoms with Gasteiger partial charge in [0.1, 0.15) is 6.54 Å². The predicted octanol–water partition coefficient (Wildman–Crippen LogP) is 1.59. The SMILES string of the molecule is Cc1cc(CN=C=S)on1. The van der Waals surface area contributed by atoms with Gasteiger partial charge in [-0.25, -0.2) is 4.99 Å². The lowest BCUT2D eigenvalue weighted by molar-refractivity contribution is 0.381. The number of aryl methyl sites for hydroxylation is 1. The van der Waals surface area contributed by atoms with Gasteiger partial charge in [0.2, 0.25) is 0 Å². The molecule has 0 bridgehead atoms. The Hall–Kier alpha value is -0.990. The van der Waals surface area contributed by atoms with Gasteiger partial charge in [-0.1, -0.05) is 5.16 Å². The van der Waals surface area contributed by atoms with Crippen LogP contribution in [0.1, 0.15) is 11.5 Å². The highest BCUT2D eigenvalue weighted by atomic mass is 32.1. The fourth-order valence-corrected chi connectivity index (χ4v) is 0.666. The summed E-state index contributed by atoms with van der Waals surface area (Å²) in [7, 11) is 0. The van der Waals surface area contributed by atoms with Crippen molar-refractivity contribution in [2.45, 2.75) is 13.5 Å². The summed E-state index contributed by atoms with van der Waals surface area (Å²) >= 11 is 4.38. The standard InChI is InChI=1S/C6H6N2OS/c1-5-2-6(9-8-5)3-7-4-10/h2H,3H2,1H3. The molecule has 0 radical (unpaired) electrons. The second kappa shape index (κ2) is 3.25. The van der Waals surface area contributed by atoms with Crippen LogP contribution in [0.5, 0.6) is 0 Å². The van der Waals surface area contributed by atoms with Crippen molar-refractivity contribution in [3.63, 3.8) is 0 Å². The number of thiocarbonyl (C=S) groups is 1. The molecule has 3 nitrogen and oxygen atoms in total. The lowest BCUT2D eigenvalue weighted by Gasteiger charge is -1.78. The number of hydrogen-bond donors (Lipinski definition) is 0. The van der Waals surface area contributed by atoms with Crippen LogP contribution in [0.4, 0.5) is 0 Å². The van der Waals surface area contributed by atoms with Crippen molar-refractivity contribution in [2.24, 2.45) is 4.99 Å². The Morgan fingerprint density at radius 1 is 1.90 bits per heavy atom. The van der Waals surface area contributed by atoms with Gasteiger partial charge in [0.25, 0.3) is 0 Å². The van der Waals surface area contributed by atoms with Crippen LogP contribution in [0.3, 0.4) is 0 Å². The van der Waals surface area contributed by atoms with E-state index in [9.17, 15) is 0 Å². The minimum absolute atomic E-state index is 0.435. The Bertz CT molecular complexity index is 262. The van der Waals surface area contributed by atoms with Gasteiger partial charge in [0.15, 0.2) is 5.76 Å². The number of hydrogen-bond acceptors (Lipinski definition) is 4. The second-order valence-corrected chi connectivity index (χ2v) is 2.02. The van der Waals surface area contributed by atoms with Crippen molar-refractivity contribution in [3.05, 3.63) is 17.5 Å². The van der Waals surface area contributed by atoms with E-state index in [1.54, 1.807) is 0 Å². The lowest BCUT2D eigenvalue weighted by Crippen LogP contribution is -1.72. The van der Waals surface area contributed by atoms with E-state index >= 15 is 0 Å². The van der Waals surface area contributed by atoms with Gasteiger partial charge in [-0.05, 0) is 19.1 Å². The molecule has 0 N–H and O–H groups in total. The zero-order valence-corrected chi connectivity index (χ0v) is 6.31. The molecule has 0 fully saturated rings. The fraction of sp³-hybridized carbons (Fsp3) is 0.333. The monoisotopic (exact) mass is 154 g/mol. The average Bonchev–Trinajstić information content (AvgIpc) is 2.31. The van der Waals surface area contributed by atoms with Gasteiger partial charge in [-0.2, -0.15) is 0 Å². The van der Waals surface area contributed by atoms with Crippen LogP contribution in [-0.2, 0) is 6.54 Å². The molecule has 52 valence electrons. The first-order chi connectivity index (χ1) is 4.83. The summed E-state index contributed by atoms with van der Waals surface area (Å²) in [4.78, 5) is 3.69. The van der Waals surface area contributed by atoms with E-state index in [2.05, 4.69) is 27.5 Å². The van der Waals surface area contributed by atoms with E-state index in [0.29, 0.717) is 6.54 Å². The number of nitrogens with zero attached hydrogens (tertiary/aromatic N) is 2. The Labute approximate surface area is 63.7 Å². The van der Waals surface area contributed by atoms with Crippen LogP contribution < -0.4 is 0 Å². The summed E-state index contributed by atoms with van der Waals surface area (Å²) in [6.07, 6.45) is 0. The van der Waals surface area contributed by atoms with Crippen LogP contribution in [-0.4, -0.2) is 10.3 Å². The Morgan fingerprint density at radius 2 is 2.70 bits per heavy atom. The third kappa shape index (κ3) is 1.76. The van der Waals surface area contributed by atoms with Crippen molar-refractivity contribution in [3.8, 4) is 0 Å². The van der Waals surface area contributed by atoms with Crippen molar-refractivity contribution < 1.29 is 4.52 Å². The molecule has 0 saturated heterocycles. The molecule has 0 atom stereocenters. The van der Waals surface area contributed by atoms with E-state index < -0.39 is 0 Å². The number of isothiocyanates is 1. The summed E-state index contributed by atoms with van der Waals surface area (Å²) in [6.45, 7) is 2.29. The smallest absolute Gasteiger partial charge is 0.159 e. The highest BCUT2D eigenvalue weighted by molar-refractivity contribution is 7.78. The first-order valence-electron chi connectivity index (χ1n) is 2.79. The van der Waals surface area contributed by atoms with Crippen molar-refractivity contribution in [1.29, 1.82) is 0 Å². The third-order valence-corrected chi connectivity index (χ3v) is 1.11. The lowest BCUT2D eigenvalue weighted by atomic mass is 10.4. The van der Waals surface area contributed by atoms with Crippen molar-refractivity contribution in [1.82, 2.24) is 5.16 Å². The molecule has 0 aliphatic heterocycles. The molecular weight excluding hydrogens is 148 g/mol. The van der Waals surface area contributed by atoms with Gasteiger partial charge in [0.05, 0.1) is 10.9 Å². The number of rotatable bonds is 2. The van der Waals surface area contributed by atoms with E-state index in [4.69, 9.17) is 4.52 Å².